The molecule has 1 amide bonds. The molecule has 1 aliphatic rings. The van der Waals surface area contributed by atoms with Gasteiger partial charge in [0.2, 0.25) is 0 Å². The summed E-state index contributed by atoms with van der Waals surface area (Å²) in [4.78, 5) is 11.7. The minimum absolute atomic E-state index is 0.390. The van der Waals surface area contributed by atoms with E-state index >= 15 is 0 Å². The van der Waals surface area contributed by atoms with E-state index in [0.29, 0.717) is 11.9 Å². The minimum Gasteiger partial charge on any atom is -0.444 e. The van der Waals surface area contributed by atoms with E-state index in [1.165, 1.54) is 38.5 Å². The highest BCUT2D eigenvalue weighted by Crippen LogP contribution is 2.20. The van der Waals surface area contributed by atoms with Gasteiger partial charge in [-0.25, -0.2) is 4.79 Å². The quantitative estimate of drug-likeness (QED) is 0.827. The highest BCUT2D eigenvalue weighted by molar-refractivity contribution is 5.83. The van der Waals surface area contributed by atoms with E-state index in [0.717, 1.165) is 5.82 Å². The number of rotatable bonds is 3. The van der Waals surface area contributed by atoms with Crippen LogP contribution in [0.25, 0.3) is 0 Å². The molecule has 0 radical (unpaired) electrons. The van der Waals surface area contributed by atoms with Crippen LogP contribution in [0.3, 0.4) is 0 Å². The van der Waals surface area contributed by atoms with Crippen LogP contribution in [0.4, 0.5) is 16.4 Å². The van der Waals surface area contributed by atoms with Gasteiger partial charge >= 0.3 is 6.09 Å². The molecule has 22 heavy (non-hydrogen) atoms. The zero-order valence-corrected chi connectivity index (χ0v) is 13.7. The van der Waals surface area contributed by atoms with E-state index in [4.69, 9.17) is 4.74 Å². The summed E-state index contributed by atoms with van der Waals surface area (Å²) in [6, 6.07) is 4.04. The molecule has 2 rings (SSSR count). The van der Waals surface area contributed by atoms with E-state index in [1.807, 2.05) is 26.8 Å². The smallest absolute Gasteiger partial charge is 0.413 e. The van der Waals surface area contributed by atoms with Crippen LogP contribution in [0.2, 0.25) is 0 Å². The molecule has 1 aromatic heterocycles. The Morgan fingerprint density at radius 3 is 2.23 bits per heavy atom. The van der Waals surface area contributed by atoms with Gasteiger partial charge < -0.3 is 10.1 Å². The van der Waals surface area contributed by atoms with Crippen LogP contribution in [0.15, 0.2) is 12.1 Å². The topological polar surface area (TPSA) is 76.1 Å². The van der Waals surface area contributed by atoms with Crippen molar-refractivity contribution < 1.29 is 9.53 Å². The van der Waals surface area contributed by atoms with E-state index in [1.54, 1.807) is 6.07 Å². The molecular weight excluding hydrogens is 280 g/mol. The Balaban J connectivity index is 1.85. The Hall–Kier alpha value is -1.85. The molecule has 122 valence electrons. The molecule has 0 bridgehead atoms. The van der Waals surface area contributed by atoms with Crippen LogP contribution in [0.5, 0.6) is 0 Å². The molecule has 1 heterocycles. The Kier molecular flexibility index (Phi) is 5.57. The van der Waals surface area contributed by atoms with Crippen LogP contribution in [0, 0.1) is 0 Å². The molecule has 0 unspecified atom stereocenters. The van der Waals surface area contributed by atoms with E-state index < -0.39 is 11.7 Å². The zero-order chi connectivity index (χ0) is 16.0. The molecule has 1 aliphatic carbocycles. The fourth-order valence-electron chi connectivity index (χ4n) is 2.52. The normalized spacial score (nSPS) is 16.7. The number of carbonyl (C=O) groups excluding carboxylic acids is 1. The van der Waals surface area contributed by atoms with Crippen LogP contribution < -0.4 is 10.6 Å². The molecular formula is C16H26N4O2. The van der Waals surface area contributed by atoms with Crippen LogP contribution in [0.1, 0.15) is 59.3 Å². The van der Waals surface area contributed by atoms with Crippen molar-refractivity contribution in [2.45, 2.75) is 70.9 Å². The predicted molar refractivity (Wildman–Crippen MR) is 87.0 cm³/mol. The van der Waals surface area contributed by atoms with Crippen LogP contribution >= 0.6 is 0 Å². The van der Waals surface area contributed by atoms with Crippen molar-refractivity contribution in [3.8, 4) is 0 Å². The third-order valence-electron chi connectivity index (χ3n) is 3.50. The highest BCUT2D eigenvalue weighted by atomic mass is 16.6. The maximum absolute atomic E-state index is 11.7. The second-order valence-corrected chi connectivity index (χ2v) is 6.76. The summed E-state index contributed by atoms with van der Waals surface area (Å²) in [5.74, 6) is 1.14. The lowest BCUT2D eigenvalue weighted by Gasteiger charge is -2.19. The largest absolute Gasteiger partial charge is 0.444 e. The molecule has 0 spiro atoms. The summed E-state index contributed by atoms with van der Waals surface area (Å²) in [5.41, 5.74) is -0.529. The van der Waals surface area contributed by atoms with Crippen molar-refractivity contribution in [1.82, 2.24) is 10.2 Å². The molecule has 6 nitrogen and oxygen atoms in total. The SMILES string of the molecule is CC(C)(C)OC(=O)Nc1ccc(NC2CCCCCC2)nn1. The van der Waals surface area contributed by atoms with Crippen LogP contribution in [-0.4, -0.2) is 27.9 Å². The van der Waals surface area contributed by atoms with Crippen molar-refractivity contribution in [3.05, 3.63) is 12.1 Å². The Labute approximate surface area is 132 Å². The van der Waals surface area contributed by atoms with E-state index in [9.17, 15) is 4.79 Å². The number of nitrogens with one attached hydrogen (secondary N) is 2. The zero-order valence-electron chi connectivity index (χ0n) is 13.7. The maximum atomic E-state index is 11.7. The first-order chi connectivity index (χ1) is 10.4. The molecule has 6 heteroatoms. The van der Waals surface area contributed by atoms with Gasteiger partial charge in [0.1, 0.15) is 11.4 Å². The number of anilines is 2. The van der Waals surface area contributed by atoms with Gasteiger partial charge in [-0.3, -0.25) is 5.32 Å². The van der Waals surface area contributed by atoms with Crippen molar-refractivity contribution in [3.63, 3.8) is 0 Å². The Morgan fingerprint density at radius 1 is 1.09 bits per heavy atom. The molecule has 0 aliphatic heterocycles. The molecule has 1 fully saturated rings. The van der Waals surface area contributed by atoms with Gasteiger partial charge in [0.15, 0.2) is 5.82 Å². The lowest BCUT2D eigenvalue weighted by Crippen LogP contribution is -2.27. The minimum atomic E-state index is -0.529. The first-order valence-electron chi connectivity index (χ1n) is 8.03. The molecule has 1 aromatic rings. The van der Waals surface area contributed by atoms with Crippen LogP contribution in [-0.2, 0) is 4.74 Å². The molecule has 2 N–H and O–H groups in total. The van der Waals surface area contributed by atoms with E-state index in [2.05, 4.69) is 20.8 Å². The fourth-order valence-corrected chi connectivity index (χ4v) is 2.52. The van der Waals surface area contributed by atoms with Gasteiger partial charge in [-0.05, 0) is 45.7 Å². The predicted octanol–water partition coefficient (Wildman–Crippen LogP) is 3.96. The first-order valence-corrected chi connectivity index (χ1v) is 8.03. The highest BCUT2D eigenvalue weighted by Gasteiger charge is 2.17. The van der Waals surface area contributed by atoms with Gasteiger partial charge in [-0.15, -0.1) is 10.2 Å². The second kappa shape index (κ2) is 7.42. The van der Waals surface area contributed by atoms with Gasteiger partial charge in [-0.2, -0.15) is 0 Å². The first kappa shape index (κ1) is 16.5. The third-order valence-corrected chi connectivity index (χ3v) is 3.50. The lowest BCUT2D eigenvalue weighted by molar-refractivity contribution is 0.0635. The average molecular weight is 306 g/mol. The summed E-state index contributed by atoms with van der Waals surface area (Å²) >= 11 is 0. The second-order valence-electron chi connectivity index (χ2n) is 6.76. The molecule has 1 saturated carbocycles. The van der Waals surface area contributed by atoms with Gasteiger partial charge in [0, 0.05) is 6.04 Å². The average Bonchev–Trinajstić information content (AvgIpc) is 2.67. The Morgan fingerprint density at radius 2 is 1.68 bits per heavy atom. The molecule has 0 aromatic carbocycles. The van der Waals surface area contributed by atoms with E-state index in [-0.39, 0.29) is 0 Å². The van der Waals surface area contributed by atoms with Gasteiger partial charge in [0.25, 0.3) is 0 Å². The molecule has 0 atom stereocenters. The maximum Gasteiger partial charge on any atom is 0.413 e. The monoisotopic (exact) mass is 306 g/mol. The summed E-state index contributed by atoms with van der Waals surface area (Å²) in [6.07, 6.45) is 7.02. The van der Waals surface area contributed by atoms with Crippen molar-refractivity contribution in [2.75, 3.05) is 10.6 Å². The van der Waals surface area contributed by atoms with Crippen molar-refractivity contribution >= 4 is 17.7 Å². The van der Waals surface area contributed by atoms with Gasteiger partial charge in [-0.1, -0.05) is 25.7 Å². The van der Waals surface area contributed by atoms with Crippen molar-refractivity contribution in [1.29, 1.82) is 0 Å². The number of hydrogen-bond donors (Lipinski definition) is 2. The number of carbonyl (C=O) groups is 1. The summed E-state index contributed by atoms with van der Waals surface area (Å²) < 4.78 is 5.17. The Bertz CT molecular complexity index is 474. The summed E-state index contributed by atoms with van der Waals surface area (Å²) in [5, 5.41) is 14.1. The number of hydrogen-bond acceptors (Lipinski definition) is 5. The number of amides is 1. The fraction of sp³-hybridized carbons (Fsp3) is 0.688. The number of aromatic nitrogens is 2. The summed E-state index contributed by atoms with van der Waals surface area (Å²) in [7, 11) is 0. The number of nitrogens with zero attached hydrogens (tertiary/aromatic N) is 2. The summed E-state index contributed by atoms with van der Waals surface area (Å²) in [6.45, 7) is 5.45. The lowest BCUT2D eigenvalue weighted by atomic mass is 10.1. The standard InChI is InChI=1S/C16H26N4O2/c1-16(2,3)22-15(21)18-14-11-10-13(19-20-14)17-12-8-6-4-5-7-9-12/h10-12H,4-9H2,1-3H3,(H,17,19)(H,18,20,21). The van der Waals surface area contributed by atoms with Gasteiger partial charge in [0.05, 0.1) is 0 Å². The molecule has 0 saturated heterocycles. The van der Waals surface area contributed by atoms with Crippen molar-refractivity contribution in [2.24, 2.45) is 0 Å². The third kappa shape index (κ3) is 5.87. The number of ether oxygens (including phenoxy) is 1.